The van der Waals surface area contributed by atoms with E-state index in [9.17, 15) is 4.79 Å². The second-order valence-electron chi connectivity index (χ2n) is 6.21. The van der Waals surface area contributed by atoms with E-state index in [1.54, 1.807) is 11.3 Å². The maximum absolute atomic E-state index is 11.4. The Hall–Kier alpha value is -1.01. The normalized spacial score (nSPS) is 18.7. The average molecular weight is 381 g/mol. The van der Waals surface area contributed by atoms with Gasteiger partial charge in [0.1, 0.15) is 0 Å². The van der Waals surface area contributed by atoms with Crippen LogP contribution in [0.25, 0.3) is 10.4 Å². The molecule has 0 radical (unpaired) electrons. The first-order valence-electron chi connectivity index (χ1n) is 8.03. The first-order valence-corrected chi connectivity index (χ1v) is 10.4. The molecule has 2 unspecified atom stereocenters. The van der Waals surface area contributed by atoms with Crippen LogP contribution in [-0.4, -0.2) is 17.4 Å². The molecular formula is C18H21ClN2OS2. The van der Waals surface area contributed by atoms with Crippen LogP contribution in [0.1, 0.15) is 29.3 Å². The van der Waals surface area contributed by atoms with Crippen molar-refractivity contribution in [2.75, 3.05) is 11.5 Å². The first kappa shape index (κ1) is 17.8. The number of carbonyl (C=O) groups excluding carboxylic acids is 1. The van der Waals surface area contributed by atoms with Gasteiger partial charge in [-0.15, -0.1) is 11.3 Å². The second-order valence-corrected chi connectivity index (χ2v) is 8.93. The summed E-state index contributed by atoms with van der Waals surface area (Å²) in [5, 5.41) is 0.711. The highest BCUT2D eigenvalue weighted by molar-refractivity contribution is 7.99. The minimum Gasteiger partial charge on any atom is -0.369 e. The molecule has 0 spiro atoms. The predicted molar refractivity (Wildman–Crippen MR) is 105 cm³/mol. The van der Waals surface area contributed by atoms with Crippen molar-refractivity contribution in [3.63, 3.8) is 0 Å². The number of benzene rings is 1. The van der Waals surface area contributed by atoms with Crippen LogP contribution in [0.5, 0.6) is 0 Å². The highest BCUT2D eigenvalue weighted by atomic mass is 35.5. The summed E-state index contributed by atoms with van der Waals surface area (Å²) in [7, 11) is 0. The molecule has 1 fully saturated rings. The van der Waals surface area contributed by atoms with Crippen molar-refractivity contribution in [3.8, 4) is 10.4 Å². The number of rotatable bonds is 6. The summed E-state index contributed by atoms with van der Waals surface area (Å²) in [5.74, 6) is 2.77. The van der Waals surface area contributed by atoms with Crippen molar-refractivity contribution in [2.45, 2.75) is 25.3 Å². The number of hydrogen-bond acceptors (Lipinski definition) is 4. The van der Waals surface area contributed by atoms with E-state index in [1.165, 1.54) is 17.9 Å². The number of halogens is 1. The van der Waals surface area contributed by atoms with E-state index in [2.05, 4.69) is 6.07 Å². The van der Waals surface area contributed by atoms with Crippen LogP contribution in [-0.2, 0) is 11.2 Å². The number of thioether (sulfide) groups is 1. The van der Waals surface area contributed by atoms with Gasteiger partial charge in [0.25, 0.3) is 0 Å². The van der Waals surface area contributed by atoms with Crippen LogP contribution in [0.3, 0.4) is 0 Å². The first-order chi connectivity index (χ1) is 11.5. The molecule has 1 saturated heterocycles. The Morgan fingerprint density at radius 1 is 1.33 bits per heavy atom. The fraction of sp³-hybridized carbons (Fsp3) is 0.389. The summed E-state index contributed by atoms with van der Waals surface area (Å²) < 4.78 is 0. The summed E-state index contributed by atoms with van der Waals surface area (Å²) in [6, 6.07) is 9.81. The van der Waals surface area contributed by atoms with Crippen LogP contribution in [0.2, 0.25) is 5.02 Å². The van der Waals surface area contributed by atoms with Gasteiger partial charge < -0.3 is 11.5 Å². The molecule has 128 valence electrons. The minimum absolute atomic E-state index is 0.0413. The molecule has 2 atom stereocenters. The van der Waals surface area contributed by atoms with E-state index in [-0.39, 0.29) is 18.4 Å². The summed E-state index contributed by atoms with van der Waals surface area (Å²) in [5.41, 5.74) is 14.1. The van der Waals surface area contributed by atoms with Crippen molar-refractivity contribution in [1.29, 1.82) is 0 Å². The number of amides is 1. The summed E-state index contributed by atoms with van der Waals surface area (Å²) in [6.45, 7) is 0. The van der Waals surface area contributed by atoms with Gasteiger partial charge in [0.2, 0.25) is 5.91 Å². The maximum atomic E-state index is 11.4. The minimum atomic E-state index is -0.315. The van der Waals surface area contributed by atoms with Gasteiger partial charge in [0, 0.05) is 20.8 Å². The standard InChI is InChI=1S/C18H21ClN2OS2/c19-13-3-1-12(2-4-13)16-8-14(17(24-16)9-18(21)22)15(20)7-11-5-6-23-10-11/h1-4,8,11,15H,5-7,9-10,20H2,(H2,21,22). The van der Waals surface area contributed by atoms with E-state index < -0.39 is 0 Å². The molecule has 1 aliphatic rings. The number of primary amides is 1. The van der Waals surface area contributed by atoms with E-state index in [0.717, 1.165) is 27.3 Å². The molecule has 1 aromatic heterocycles. The van der Waals surface area contributed by atoms with Crippen molar-refractivity contribution in [2.24, 2.45) is 17.4 Å². The van der Waals surface area contributed by atoms with Gasteiger partial charge in [-0.1, -0.05) is 23.7 Å². The number of nitrogens with two attached hydrogens (primary N) is 2. The Morgan fingerprint density at radius 2 is 2.08 bits per heavy atom. The third-order valence-electron chi connectivity index (χ3n) is 4.32. The Labute approximate surface area is 155 Å². The SMILES string of the molecule is NC(=O)Cc1sc(-c2ccc(Cl)cc2)cc1C(N)CC1CCSC1. The zero-order chi connectivity index (χ0) is 17.1. The highest BCUT2D eigenvalue weighted by Crippen LogP contribution is 2.38. The molecule has 24 heavy (non-hydrogen) atoms. The van der Waals surface area contributed by atoms with Gasteiger partial charge >= 0.3 is 0 Å². The molecule has 3 nitrogen and oxygen atoms in total. The summed E-state index contributed by atoms with van der Waals surface area (Å²) in [4.78, 5) is 13.5. The van der Waals surface area contributed by atoms with E-state index in [4.69, 9.17) is 23.1 Å². The zero-order valence-corrected chi connectivity index (χ0v) is 15.7. The molecule has 2 heterocycles. The summed E-state index contributed by atoms with van der Waals surface area (Å²) >= 11 is 9.57. The molecule has 3 rings (SSSR count). The van der Waals surface area contributed by atoms with E-state index in [1.807, 2.05) is 36.0 Å². The second kappa shape index (κ2) is 7.91. The maximum Gasteiger partial charge on any atom is 0.222 e. The smallest absolute Gasteiger partial charge is 0.222 e. The molecular weight excluding hydrogens is 360 g/mol. The third-order valence-corrected chi connectivity index (χ3v) is 7.00. The predicted octanol–water partition coefficient (Wildman–Crippen LogP) is 4.24. The Bertz CT molecular complexity index is 708. The number of hydrogen-bond donors (Lipinski definition) is 2. The van der Waals surface area contributed by atoms with Gasteiger partial charge in [-0.2, -0.15) is 11.8 Å². The fourth-order valence-electron chi connectivity index (χ4n) is 3.06. The lowest BCUT2D eigenvalue weighted by Crippen LogP contribution is -2.18. The monoisotopic (exact) mass is 380 g/mol. The van der Waals surface area contributed by atoms with Crippen molar-refractivity contribution < 1.29 is 4.79 Å². The van der Waals surface area contributed by atoms with Crippen LogP contribution < -0.4 is 11.5 Å². The third kappa shape index (κ3) is 4.33. The van der Waals surface area contributed by atoms with Gasteiger partial charge in [0.15, 0.2) is 0 Å². The van der Waals surface area contributed by atoms with Gasteiger partial charge in [0.05, 0.1) is 6.42 Å². The topological polar surface area (TPSA) is 69.1 Å². The zero-order valence-electron chi connectivity index (χ0n) is 13.3. The van der Waals surface area contributed by atoms with Gasteiger partial charge in [-0.25, -0.2) is 0 Å². The van der Waals surface area contributed by atoms with Crippen molar-refractivity contribution >= 4 is 40.6 Å². The molecule has 6 heteroatoms. The fourth-order valence-corrected chi connectivity index (χ4v) is 5.74. The van der Waals surface area contributed by atoms with Crippen LogP contribution in [0.4, 0.5) is 0 Å². The Morgan fingerprint density at radius 3 is 2.71 bits per heavy atom. The molecule has 0 saturated carbocycles. The largest absolute Gasteiger partial charge is 0.369 e. The van der Waals surface area contributed by atoms with Gasteiger partial charge in [-0.3, -0.25) is 4.79 Å². The molecule has 1 amide bonds. The molecule has 0 aliphatic carbocycles. The molecule has 0 bridgehead atoms. The highest BCUT2D eigenvalue weighted by Gasteiger charge is 2.23. The quantitative estimate of drug-likeness (QED) is 0.787. The molecule has 4 N–H and O–H groups in total. The Balaban J connectivity index is 1.87. The lowest BCUT2D eigenvalue weighted by molar-refractivity contribution is -0.117. The van der Waals surface area contributed by atoms with Crippen LogP contribution >= 0.6 is 34.7 Å². The molecule has 1 aliphatic heterocycles. The Kier molecular flexibility index (Phi) is 5.87. The van der Waals surface area contributed by atoms with E-state index in [0.29, 0.717) is 10.9 Å². The van der Waals surface area contributed by atoms with Gasteiger partial charge in [-0.05, 0) is 59.6 Å². The van der Waals surface area contributed by atoms with Crippen molar-refractivity contribution in [1.82, 2.24) is 0 Å². The van der Waals surface area contributed by atoms with Crippen molar-refractivity contribution in [3.05, 3.63) is 45.8 Å². The lowest BCUT2D eigenvalue weighted by Gasteiger charge is -2.16. The number of carbonyl (C=O) groups is 1. The van der Waals surface area contributed by atoms with Crippen LogP contribution in [0.15, 0.2) is 30.3 Å². The molecule has 2 aromatic rings. The summed E-state index contributed by atoms with van der Waals surface area (Å²) in [6.07, 6.45) is 2.45. The molecule has 1 aromatic carbocycles. The number of thiophene rings is 1. The van der Waals surface area contributed by atoms with E-state index >= 15 is 0 Å². The lowest BCUT2D eigenvalue weighted by atomic mass is 9.94. The van der Waals surface area contributed by atoms with Crippen LogP contribution in [0, 0.1) is 5.92 Å². The average Bonchev–Trinajstić information content (AvgIpc) is 3.17.